The van der Waals surface area contributed by atoms with Crippen LogP contribution in [0.15, 0.2) is 48.8 Å². The number of aromatic nitrogens is 4. The summed E-state index contributed by atoms with van der Waals surface area (Å²) in [6, 6.07) is 11.5. The Bertz CT molecular complexity index is 835. The largest absolute Gasteiger partial charge is 0.497 e. The van der Waals surface area contributed by atoms with Crippen molar-refractivity contribution in [3.05, 3.63) is 60.0 Å². The standard InChI is InChI=1S/C18H21N5O2/c1-13(2)19-17(24)16-18(22-10-4-5-11-22)23(21-20-16)12-14-6-8-15(25-3)9-7-14/h4-11,13H,12H2,1-3H3,(H,19,24). The van der Waals surface area contributed by atoms with Crippen molar-refractivity contribution in [2.45, 2.75) is 26.4 Å². The van der Waals surface area contributed by atoms with Gasteiger partial charge in [0, 0.05) is 18.4 Å². The van der Waals surface area contributed by atoms with Crippen molar-refractivity contribution in [2.75, 3.05) is 7.11 Å². The second-order valence-electron chi connectivity index (χ2n) is 5.99. The Hall–Kier alpha value is -3.09. The summed E-state index contributed by atoms with van der Waals surface area (Å²) in [6.45, 7) is 4.32. The van der Waals surface area contributed by atoms with E-state index in [0.717, 1.165) is 11.3 Å². The Morgan fingerprint density at radius 3 is 2.48 bits per heavy atom. The van der Waals surface area contributed by atoms with Crippen LogP contribution in [0.3, 0.4) is 0 Å². The van der Waals surface area contributed by atoms with Crippen LogP contribution in [0.25, 0.3) is 5.82 Å². The first-order valence-electron chi connectivity index (χ1n) is 8.09. The van der Waals surface area contributed by atoms with Gasteiger partial charge in [-0.3, -0.25) is 4.79 Å². The third-order valence-corrected chi connectivity index (χ3v) is 3.68. The maximum atomic E-state index is 12.5. The summed E-state index contributed by atoms with van der Waals surface area (Å²) in [5.74, 6) is 1.20. The van der Waals surface area contributed by atoms with Gasteiger partial charge in [-0.2, -0.15) is 0 Å². The molecule has 3 rings (SSSR count). The first-order chi connectivity index (χ1) is 12.1. The van der Waals surface area contributed by atoms with Gasteiger partial charge in [-0.25, -0.2) is 4.68 Å². The molecule has 0 aliphatic carbocycles. The SMILES string of the molecule is COc1ccc(Cn2nnc(C(=O)NC(C)C)c2-n2cccc2)cc1. The van der Waals surface area contributed by atoms with Crippen molar-refractivity contribution in [1.29, 1.82) is 0 Å². The van der Waals surface area contributed by atoms with Gasteiger partial charge in [0.15, 0.2) is 11.5 Å². The lowest BCUT2D eigenvalue weighted by atomic mass is 10.2. The van der Waals surface area contributed by atoms with E-state index in [1.807, 2.05) is 67.2 Å². The molecule has 130 valence electrons. The third kappa shape index (κ3) is 3.71. The van der Waals surface area contributed by atoms with E-state index in [2.05, 4.69) is 15.6 Å². The summed E-state index contributed by atoms with van der Waals surface area (Å²) in [6.07, 6.45) is 3.74. The molecule has 0 unspecified atom stereocenters. The van der Waals surface area contributed by atoms with Crippen LogP contribution in [-0.4, -0.2) is 38.6 Å². The van der Waals surface area contributed by atoms with E-state index in [-0.39, 0.29) is 11.9 Å². The molecule has 1 amide bonds. The third-order valence-electron chi connectivity index (χ3n) is 3.68. The first-order valence-corrected chi connectivity index (χ1v) is 8.09. The van der Waals surface area contributed by atoms with E-state index in [0.29, 0.717) is 18.1 Å². The number of ether oxygens (including phenoxy) is 1. The van der Waals surface area contributed by atoms with Gasteiger partial charge >= 0.3 is 0 Å². The lowest BCUT2D eigenvalue weighted by Gasteiger charge is -2.11. The molecule has 0 radical (unpaired) electrons. The Kier molecular flexibility index (Phi) is 4.83. The smallest absolute Gasteiger partial charge is 0.275 e. The Balaban J connectivity index is 1.95. The summed E-state index contributed by atoms with van der Waals surface area (Å²) in [4.78, 5) is 12.5. The summed E-state index contributed by atoms with van der Waals surface area (Å²) in [5, 5.41) is 11.2. The number of carbonyl (C=O) groups excluding carboxylic acids is 1. The van der Waals surface area contributed by atoms with Crippen LogP contribution in [0, 0.1) is 0 Å². The lowest BCUT2D eigenvalue weighted by molar-refractivity contribution is 0.0938. The van der Waals surface area contributed by atoms with E-state index < -0.39 is 0 Å². The molecule has 0 bridgehead atoms. The topological polar surface area (TPSA) is 74.0 Å². The quantitative estimate of drug-likeness (QED) is 0.747. The van der Waals surface area contributed by atoms with E-state index in [4.69, 9.17) is 4.74 Å². The maximum absolute atomic E-state index is 12.5. The lowest BCUT2D eigenvalue weighted by Crippen LogP contribution is -2.31. The summed E-state index contributed by atoms with van der Waals surface area (Å²) < 4.78 is 8.75. The van der Waals surface area contributed by atoms with Crippen molar-refractivity contribution in [3.8, 4) is 11.6 Å². The number of methoxy groups -OCH3 is 1. The predicted octanol–water partition coefficient (Wildman–Crippen LogP) is 2.26. The molecule has 2 aromatic heterocycles. The fourth-order valence-electron chi connectivity index (χ4n) is 2.53. The van der Waals surface area contributed by atoms with E-state index in [1.54, 1.807) is 11.8 Å². The van der Waals surface area contributed by atoms with Crippen molar-refractivity contribution < 1.29 is 9.53 Å². The van der Waals surface area contributed by atoms with E-state index in [1.165, 1.54) is 0 Å². The van der Waals surface area contributed by atoms with Crippen LogP contribution >= 0.6 is 0 Å². The van der Waals surface area contributed by atoms with E-state index in [9.17, 15) is 4.79 Å². The van der Waals surface area contributed by atoms with E-state index >= 15 is 0 Å². The number of hydrogen-bond acceptors (Lipinski definition) is 4. The second-order valence-corrected chi connectivity index (χ2v) is 5.99. The Morgan fingerprint density at radius 2 is 1.88 bits per heavy atom. The van der Waals surface area contributed by atoms with Crippen molar-refractivity contribution in [2.24, 2.45) is 0 Å². The van der Waals surface area contributed by atoms with Gasteiger partial charge < -0.3 is 14.6 Å². The molecular formula is C18H21N5O2. The molecule has 0 saturated carbocycles. The number of rotatable bonds is 6. The first kappa shape index (κ1) is 16.8. The minimum Gasteiger partial charge on any atom is -0.497 e. The highest BCUT2D eigenvalue weighted by atomic mass is 16.5. The van der Waals surface area contributed by atoms with Gasteiger partial charge in [0.05, 0.1) is 13.7 Å². The summed E-state index contributed by atoms with van der Waals surface area (Å²) in [5.41, 5.74) is 1.34. The molecular weight excluding hydrogens is 318 g/mol. The highest BCUT2D eigenvalue weighted by Crippen LogP contribution is 2.17. The fourth-order valence-corrected chi connectivity index (χ4v) is 2.53. The average molecular weight is 339 g/mol. The average Bonchev–Trinajstić information content (AvgIpc) is 3.24. The monoisotopic (exact) mass is 339 g/mol. The van der Waals surface area contributed by atoms with Crippen LogP contribution in [0.2, 0.25) is 0 Å². The molecule has 0 spiro atoms. The minimum atomic E-state index is -0.236. The fraction of sp³-hybridized carbons (Fsp3) is 0.278. The second kappa shape index (κ2) is 7.21. The highest BCUT2D eigenvalue weighted by molar-refractivity contribution is 5.95. The zero-order chi connectivity index (χ0) is 17.8. The molecule has 1 N–H and O–H groups in total. The zero-order valence-corrected chi connectivity index (χ0v) is 14.5. The normalized spacial score (nSPS) is 10.9. The number of amides is 1. The molecule has 0 atom stereocenters. The van der Waals surface area contributed by atoms with Crippen LogP contribution < -0.4 is 10.1 Å². The van der Waals surface area contributed by atoms with Crippen molar-refractivity contribution >= 4 is 5.91 Å². The van der Waals surface area contributed by atoms with Crippen LogP contribution in [-0.2, 0) is 6.54 Å². The van der Waals surface area contributed by atoms with Gasteiger partial charge in [0.25, 0.3) is 5.91 Å². The number of benzene rings is 1. The molecule has 0 saturated heterocycles. The van der Waals surface area contributed by atoms with Crippen molar-refractivity contribution in [3.63, 3.8) is 0 Å². The summed E-state index contributed by atoms with van der Waals surface area (Å²) >= 11 is 0. The number of nitrogens with one attached hydrogen (secondary N) is 1. The van der Waals surface area contributed by atoms with Crippen LogP contribution in [0.5, 0.6) is 5.75 Å². The molecule has 3 aromatic rings. The Labute approximate surface area is 146 Å². The zero-order valence-electron chi connectivity index (χ0n) is 14.5. The van der Waals surface area contributed by atoms with Gasteiger partial charge in [-0.05, 0) is 43.7 Å². The Morgan fingerprint density at radius 1 is 1.20 bits per heavy atom. The van der Waals surface area contributed by atoms with Crippen LogP contribution in [0.4, 0.5) is 0 Å². The number of hydrogen-bond donors (Lipinski definition) is 1. The van der Waals surface area contributed by atoms with Crippen molar-refractivity contribution in [1.82, 2.24) is 24.9 Å². The molecule has 0 aliphatic rings. The molecule has 7 nitrogen and oxygen atoms in total. The van der Waals surface area contributed by atoms with Gasteiger partial charge in [0.1, 0.15) is 5.75 Å². The molecule has 7 heteroatoms. The molecule has 0 fully saturated rings. The number of nitrogens with zero attached hydrogens (tertiary/aromatic N) is 4. The molecule has 0 aliphatic heterocycles. The molecule has 2 heterocycles. The van der Waals surface area contributed by atoms with Gasteiger partial charge in [0.2, 0.25) is 0 Å². The molecule has 1 aromatic carbocycles. The van der Waals surface area contributed by atoms with Crippen LogP contribution in [0.1, 0.15) is 29.9 Å². The maximum Gasteiger partial charge on any atom is 0.275 e. The highest BCUT2D eigenvalue weighted by Gasteiger charge is 2.21. The summed E-state index contributed by atoms with van der Waals surface area (Å²) in [7, 11) is 1.64. The van der Waals surface area contributed by atoms with Gasteiger partial charge in [-0.1, -0.05) is 17.3 Å². The minimum absolute atomic E-state index is 0.0248. The number of carbonyl (C=O) groups is 1. The van der Waals surface area contributed by atoms with Gasteiger partial charge in [-0.15, -0.1) is 5.10 Å². The molecule has 25 heavy (non-hydrogen) atoms. The predicted molar refractivity (Wildman–Crippen MR) is 94.0 cm³/mol.